The summed E-state index contributed by atoms with van der Waals surface area (Å²) in [7, 11) is 0. The summed E-state index contributed by atoms with van der Waals surface area (Å²) >= 11 is 0. The lowest BCUT2D eigenvalue weighted by molar-refractivity contribution is 0.0718. The average molecular weight is 254 g/mol. The summed E-state index contributed by atoms with van der Waals surface area (Å²) in [6.07, 6.45) is 0.854. The molecule has 0 radical (unpaired) electrons. The molecule has 0 aliphatic heterocycles. The molecular formula is C13H22N2O3. The maximum Gasteiger partial charge on any atom is 0.259 e. The van der Waals surface area contributed by atoms with Gasteiger partial charge in [-0.1, -0.05) is 25.9 Å². The number of aryl methyl sites for hydroxylation is 1. The summed E-state index contributed by atoms with van der Waals surface area (Å²) in [5, 5.41) is 12.9. The molecule has 0 aliphatic rings. The van der Waals surface area contributed by atoms with Crippen LogP contribution in [0.5, 0.6) is 0 Å². The molecule has 1 N–H and O–H groups in total. The highest BCUT2D eigenvalue weighted by molar-refractivity contribution is 5.96. The van der Waals surface area contributed by atoms with E-state index in [2.05, 4.69) is 5.16 Å². The number of amides is 1. The van der Waals surface area contributed by atoms with Gasteiger partial charge in [0.15, 0.2) is 5.76 Å². The number of carbonyl (C=O) groups is 1. The Bertz CT molecular complexity index is 393. The number of aliphatic hydroxyl groups is 1. The summed E-state index contributed by atoms with van der Waals surface area (Å²) in [5.74, 6) is 0.632. The van der Waals surface area contributed by atoms with Crippen molar-refractivity contribution in [3.63, 3.8) is 0 Å². The minimum absolute atomic E-state index is 0.0346. The molecule has 0 fully saturated rings. The molecule has 0 aromatic carbocycles. The molecule has 102 valence electrons. The minimum atomic E-state index is -0.103. The van der Waals surface area contributed by atoms with Gasteiger partial charge in [-0.25, -0.2) is 0 Å². The van der Waals surface area contributed by atoms with Gasteiger partial charge in [-0.3, -0.25) is 4.79 Å². The first-order valence-electron chi connectivity index (χ1n) is 6.39. The zero-order chi connectivity index (χ0) is 13.7. The number of aliphatic hydroxyl groups excluding tert-OH is 1. The number of hydrogen-bond acceptors (Lipinski definition) is 4. The van der Waals surface area contributed by atoms with Crippen molar-refractivity contribution in [2.45, 2.75) is 40.0 Å². The standard InChI is InChI=1S/C13H22N2O3/c1-5-6-15(7-8-16)13(17)11-10(4)14-18-12(11)9(2)3/h9,16H,5-8H2,1-4H3. The van der Waals surface area contributed by atoms with Crippen LogP contribution in [0, 0.1) is 6.92 Å². The first-order valence-corrected chi connectivity index (χ1v) is 6.39. The van der Waals surface area contributed by atoms with Crippen molar-refractivity contribution in [3.05, 3.63) is 17.0 Å². The van der Waals surface area contributed by atoms with Crippen LogP contribution in [-0.4, -0.2) is 40.8 Å². The predicted molar refractivity (Wildman–Crippen MR) is 68.6 cm³/mol. The van der Waals surface area contributed by atoms with Gasteiger partial charge in [0.2, 0.25) is 0 Å². The Kier molecular flexibility index (Phi) is 5.34. The third-order valence-electron chi connectivity index (χ3n) is 2.78. The highest BCUT2D eigenvalue weighted by Crippen LogP contribution is 2.23. The zero-order valence-corrected chi connectivity index (χ0v) is 11.6. The second-order valence-corrected chi connectivity index (χ2v) is 4.68. The van der Waals surface area contributed by atoms with Gasteiger partial charge < -0.3 is 14.5 Å². The number of carbonyl (C=O) groups excluding carboxylic acids is 1. The topological polar surface area (TPSA) is 66.6 Å². The highest BCUT2D eigenvalue weighted by Gasteiger charge is 2.26. The Hall–Kier alpha value is -1.36. The Balaban J connectivity index is 3.03. The first-order chi connectivity index (χ1) is 8.52. The second kappa shape index (κ2) is 6.54. The van der Waals surface area contributed by atoms with Gasteiger partial charge in [0, 0.05) is 19.0 Å². The van der Waals surface area contributed by atoms with Crippen LogP contribution in [0.2, 0.25) is 0 Å². The molecule has 5 heteroatoms. The van der Waals surface area contributed by atoms with Gasteiger partial charge in [0.25, 0.3) is 5.91 Å². The monoisotopic (exact) mass is 254 g/mol. The molecule has 1 amide bonds. The lowest BCUT2D eigenvalue weighted by Crippen LogP contribution is -2.35. The normalized spacial score (nSPS) is 11.0. The molecule has 0 bridgehead atoms. The molecular weight excluding hydrogens is 232 g/mol. The molecule has 5 nitrogen and oxygen atoms in total. The van der Waals surface area contributed by atoms with Crippen molar-refractivity contribution in [1.29, 1.82) is 0 Å². The van der Waals surface area contributed by atoms with Crippen LogP contribution >= 0.6 is 0 Å². The third kappa shape index (κ3) is 3.10. The molecule has 0 aliphatic carbocycles. The molecule has 0 saturated heterocycles. The summed E-state index contributed by atoms with van der Waals surface area (Å²) in [5.41, 5.74) is 1.16. The van der Waals surface area contributed by atoms with E-state index in [4.69, 9.17) is 9.63 Å². The molecule has 0 spiro atoms. The van der Waals surface area contributed by atoms with E-state index in [0.29, 0.717) is 30.1 Å². The average Bonchev–Trinajstić information content (AvgIpc) is 2.70. The van der Waals surface area contributed by atoms with E-state index in [9.17, 15) is 4.79 Å². The fourth-order valence-corrected chi connectivity index (χ4v) is 1.91. The van der Waals surface area contributed by atoms with Crippen LogP contribution in [0.25, 0.3) is 0 Å². The van der Waals surface area contributed by atoms with Gasteiger partial charge in [-0.05, 0) is 13.3 Å². The fraction of sp³-hybridized carbons (Fsp3) is 0.692. The van der Waals surface area contributed by atoms with Crippen LogP contribution in [-0.2, 0) is 0 Å². The molecule has 1 heterocycles. The lowest BCUT2D eigenvalue weighted by atomic mass is 10.0. The summed E-state index contributed by atoms with van der Waals surface area (Å²) < 4.78 is 5.22. The smallest absolute Gasteiger partial charge is 0.259 e. The van der Waals surface area contributed by atoms with E-state index in [-0.39, 0.29) is 18.4 Å². The van der Waals surface area contributed by atoms with Crippen molar-refractivity contribution < 1.29 is 14.4 Å². The summed E-state index contributed by atoms with van der Waals surface area (Å²) in [6.45, 7) is 8.64. The van der Waals surface area contributed by atoms with Crippen LogP contribution in [0.15, 0.2) is 4.52 Å². The number of hydrogen-bond donors (Lipinski definition) is 1. The second-order valence-electron chi connectivity index (χ2n) is 4.68. The van der Waals surface area contributed by atoms with Crippen LogP contribution in [0.4, 0.5) is 0 Å². The van der Waals surface area contributed by atoms with E-state index >= 15 is 0 Å². The van der Waals surface area contributed by atoms with Gasteiger partial charge in [0.1, 0.15) is 5.56 Å². The molecule has 0 atom stereocenters. The lowest BCUT2D eigenvalue weighted by Gasteiger charge is -2.21. The Labute approximate surface area is 108 Å². The highest BCUT2D eigenvalue weighted by atomic mass is 16.5. The maximum absolute atomic E-state index is 12.4. The van der Waals surface area contributed by atoms with Crippen molar-refractivity contribution in [1.82, 2.24) is 10.1 Å². The van der Waals surface area contributed by atoms with Crippen molar-refractivity contribution in [2.24, 2.45) is 0 Å². The van der Waals surface area contributed by atoms with Crippen LogP contribution < -0.4 is 0 Å². The van der Waals surface area contributed by atoms with Crippen molar-refractivity contribution in [2.75, 3.05) is 19.7 Å². The fourth-order valence-electron chi connectivity index (χ4n) is 1.91. The van der Waals surface area contributed by atoms with E-state index in [1.54, 1.807) is 11.8 Å². The number of aromatic nitrogens is 1. The van der Waals surface area contributed by atoms with E-state index < -0.39 is 0 Å². The molecule has 1 aromatic rings. The van der Waals surface area contributed by atoms with Gasteiger partial charge in [-0.2, -0.15) is 0 Å². The molecule has 0 unspecified atom stereocenters. The van der Waals surface area contributed by atoms with Gasteiger partial charge in [-0.15, -0.1) is 0 Å². The SMILES string of the molecule is CCCN(CCO)C(=O)c1c(C)noc1C(C)C. The summed E-state index contributed by atoms with van der Waals surface area (Å²) in [4.78, 5) is 14.1. The number of rotatable bonds is 6. The van der Waals surface area contributed by atoms with Crippen molar-refractivity contribution >= 4 is 5.91 Å². The first kappa shape index (κ1) is 14.7. The van der Waals surface area contributed by atoms with Gasteiger partial charge in [0.05, 0.1) is 12.3 Å². The summed E-state index contributed by atoms with van der Waals surface area (Å²) in [6, 6.07) is 0. The maximum atomic E-state index is 12.4. The Morgan fingerprint density at radius 2 is 2.11 bits per heavy atom. The Morgan fingerprint density at radius 3 is 2.61 bits per heavy atom. The van der Waals surface area contributed by atoms with Crippen LogP contribution in [0.3, 0.4) is 0 Å². The largest absolute Gasteiger partial charge is 0.395 e. The van der Waals surface area contributed by atoms with Crippen molar-refractivity contribution in [3.8, 4) is 0 Å². The predicted octanol–water partition coefficient (Wildman–Crippen LogP) is 1.95. The Morgan fingerprint density at radius 1 is 1.44 bits per heavy atom. The molecule has 1 aromatic heterocycles. The van der Waals surface area contributed by atoms with E-state index in [0.717, 1.165) is 6.42 Å². The molecule has 0 saturated carbocycles. The van der Waals surface area contributed by atoms with E-state index in [1.165, 1.54) is 0 Å². The third-order valence-corrected chi connectivity index (χ3v) is 2.78. The minimum Gasteiger partial charge on any atom is -0.395 e. The zero-order valence-electron chi connectivity index (χ0n) is 11.6. The molecule has 1 rings (SSSR count). The quantitative estimate of drug-likeness (QED) is 0.842. The molecule has 18 heavy (non-hydrogen) atoms. The number of nitrogens with zero attached hydrogens (tertiary/aromatic N) is 2. The van der Waals surface area contributed by atoms with E-state index in [1.807, 2.05) is 20.8 Å². The van der Waals surface area contributed by atoms with Crippen LogP contribution in [0.1, 0.15) is 54.9 Å². The van der Waals surface area contributed by atoms with Gasteiger partial charge >= 0.3 is 0 Å².